The van der Waals surface area contributed by atoms with Crippen LogP contribution in [0, 0.1) is 0 Å². The zero-order valence-corrected chi connectivity index (χ0v) is 15.4. The van der Waals surface area contributed by atoms with E-state index in [2.05, 4.69) is 15.3 Å². The van der Waals surface area contributed by atoms with E-state index in [1.54, 1.807) is 32.4 Å². The Bertz CT molecular complexity index is 873. The van der Waals surface area contributed by atoms with Crippen LogP contribution in [0.15, 0.2) is 60.4 Å². The van der Waals surface area contributed by atoms with Gasteiger partial charge in [-0.2, -0.15) is 0 Å². The molecule has 3 rings (SSSR count). The number of amides is 1. The Morgan fingerprint density at radius 2 is 1.69 bits per heavy atom. The SMILES string of the molecule is CC(C)(Oc1ccc(/C=C/c2ccncc2)cc1)C(=O)Nc1nccs1. The van der Waals surface area contributed by atoms with E-state index in [4.69, 9.17) is 4.74 Å². The number of pyridine rings is 1. The number of anilines is 1. The zero-order chi connectivity index (χ0) is 18.4. The number of carbonyl (C=O) groups is 1. The number of thiazole rings is 1. The summed E-state index contributed by atoms with van der Waals surface area (Å²) in [6, 6.07) is 11.5. The van der Waals surface area contributed by atoms with Gasteiger partial charge in [0.2, 0.25) is 0 Å². The van der Waals surface area contributed by atoms with Crippen LogP contribution in [0.25, 0.3) is 12.2 Å². The molecule has 0 aliphatic heterocycles. The number of ether oxygens (including phenoxy) is 1. The van der Waals surface area contributed by atoms with Gasteiger partial charge in [-0.25, -0.2) is 4.98 Å². The molecule has 0 spiro atoms. The third kappa shape index (κ3) is 4.77. The maximum atomic E-state index is 12.4. The fourth-order valence-corrected chi connectivity index (χ4v) is 2.71. The Morgan fingerprint density at radius 3 is 2.31 bits per heavy atom. The molecule has 0 radical (unpaired) electrons. The molecular weight excluding hydrogens is 346 g/mol. The van der Waals surface area contributed by atoms with Gasteiger partial charge >= 0.3 is 0 Å². The van der Waals surface area contributed by atoms with Crippen LogP contribution >= 0.6 is 11.3 Å². The number of aromatic nitrogens is 2. The second kappa shape index (κ2) is 7.93. The summed E-state index contributed by atoms with van der Waals surface area (Å²) in [6.45, 7) is 3.46. The molecule has 0 aliphatic carbocycles. The highest BCUT2D eigenvalue weighted by atomic mass is 32.1. The number of hydrogen-bond donors (Lipinski definition) is 1. The van der Waals surface area contributed by atoms with Crippen molar-refractivity contribution in [3.63, 3.8) is 0 Å². The summed E-state index contributed by atoms with van der Waals surface area (Å²) in [4.78, 5) is 20.4. The molecule has 26 heavy (non-hydrogen) atoms. The van der Waals surface area contributed by atoms with E-state index < -0.39 is 5.60 Å². The molecule has 2 heterocycles. The molecule has 0 atom stereocenters. The lowest BCUT2D eigenvalue weighted by Gasteiger charge is -2.24. The van der Waals surface area contributed by atoms with Gasteiger partial charge in [-0.15, -0.1) is 11.3 Å². The van der Waals surface area contributed by atoms with Crippen LogP contribution in [0.4, 0.5) is 5.13 Å². The van der Waals surface area contributed by atoms with E-state index in [0.717, 1.165) is 11.1 Å². The normalized spacial score (nSPS) is 11.5. The number of rotatable bonds is 6. The van der Waals surface area contributed by atoms with Crippen molar-refractivity contribution < 1.29 is 9.53 Å². The standard InChI is InChI=1S/C20H19N3O2S/c1-20(2,18(24)23-19-22-13-14-26-19)25-17-7-5-15(6-8-17)3-4-16-9-11-21-12-10-16/h3-14H,1-2H3,(H,22,23,24)/b4-3+. The zero-order valence-electron chi connectivity index (χ0n) is 14.5. The van der Waals surface area contributed by atoms with Gasteiger partial charge in [0.15, 0.2) is 10.7 Å². The van der Waals surface area contributed by atoms with Gasteiger partial charge in [0.25, 0.3) is 5.91 Å². The average Bonchev–Trinajstić information content (AvgIpc) is 3.15. The van der Waals surface area contributed by atoms with Gasteiger partial charge in [0.05, 0.1) is 0 Å². The fourth-order valence-electron chi connectivity index (χ4n) is 2.19. The van der Waals surface area contributed by atoms with E-state index in [9.17, 15) is 4.79 Å². The van der Waals surface area contributed by atoms with Crippen molar-refractivity contribution in [3.05, 3.63) is 71.5 Å². The van der Waals surface area contributed by atoms with Gasteiger partial charge in [-0.1, -0.05) is 24.3 Å². The maximum absolute atomic E-state index is 12.4. The molecular formula is C20H19N3O2S. The molecule has 0 saturated carbocycles. The van der Waals surface area contributed by atoms with Gasteiger partial charge in [0, 0.05) is 24.0 Å². The van der Waals surface area contributed by atoms with E-state index in [-0.39, 0.29) is 5.91 Å². The van der Waals surface area contributed by atoms with E-state index >= 15 is 0 Å². The predicted molar refractivity (Wildman–Crippen MR) is 105 cm³/mol. The molecule has 1 amide bonds. The smallest absolute Gasteiger partial charge is 0.269 e. The highest BCUT2D eigenvalue weighted by molar-refractivity contribution is 7.13. The Labute approximate surface area is 156 Å². The molecule has 1 N–H and O–H groups in total. The minimum Gasteiger partial charge on any atom is -0.478 e. The van der Waals surface area contributed by atoms with Crippen molar-refractivity contribution in [3.8, 4) is 5.75 Å². The van der Waals surface area contributed by atoms with Crippen molar-refractivity contribution in [1.82, 2.24) is 9.97 Å². The molecule has 3 aromatic rings. The van der Waals surface area contributed by atoms with Gasteiger partial charge in [-0.05, 0) is 49.2 Å². The molecule has 0 bridgehead atoms. The van der Waals surface area contributed by atoms with E-state index in [1.807, 2.05) is 53.9 Å². The molecule has 0 saturated heterocycles. The fraction of sp³-hybridized carbons (Fsp3) is 0.150. The molecule has 1 aromatic carbocycles. The number of nitrogens with zero attached hydrogens (tertiary/aromatic N) is 2. The predicted octanol–water partition coefficient (Wildman–Crippen LogP) is 4.50. The second-order valence-corrected chi connectivity index (χ2v) is 6.98. The van der Waals surface area contributed by atoms with Crippen molar-refractivity contribution in [2.45, 2.75) is 19.4 Å². The molecule has 0 aliphatic rings. The summed E-state index contributed by atoms with van der Waals surface area (Å²) >= 11 is 1.37. The summed E-state index contributed by atoms with van der Waals surface area (Å²) in [6.07, 6.45) is 9.19. The molecule has 2 aromatic heterocycles. The van der Waals surface area contributed by atoms with Crippen LogP contribution in [0.3, 0.4) is 0 Å². The first-order chi connectivity index (χ1) is 12.5. The lowest BCUT2D eigenvalue weighted by Crippen LogP contribution is -2.42. The monoisotopic (exact) mass is 365 g/mol. The van der Waals surface area contributed by atoms with Crippen molar-refractivity contribution in [1.29, 1.82) is 0 Å². The molecule has 5 nitrogen and oxygen atoms in total. The maximum Gasteiger partial charge on any atom is 0.269 e. The van der Waals surface area contributed by atoms with E-state index in [0.29, 0.717) is 10.9 Å². The molecule has 0 fully saturated rings. The van der Waals surface area contributed by atoms with Crippen LogP contribution in [0.5, 0.6) is 5.75 Å². The van der Waals surface area contributed by atoms with Gasteiger partial charge < -0.3 is 4.74 Å². The second-order valence-electron chi connectivity index (χ2n) is 6.09. The average molecular weight is 365 g/mol. The molecule has 0 unspecified atom stereocenters. The Hall–Kier alpha value is -2.99. The van der Waals surface area contributed by atoms with Crippen molar-refractivity contribution >= 4 is 34.5 Å². The van der Waals surface area contributed by atoms with Crippen LogP contribution < -0.4 is 10.1 Å². The number of hydrogen-bond acceptors (Lipinski definition) is 5. The number of carbonyl (C=O) groups excluding carboxylic acids is 1. The Kier molecular flexibility index (Phi) is 5.43. The summed E-state index contributed by atoms with van der Waals surface area (Å²) in [5.41, 5.74) is 1.11. The third-order valence-corrected chi connectivity index (χ3v) is 4.32. The van der Waals surface area contributed by atoms with Crippen LogP contribution in [-0.2, 0) is 4.79 Å². The third-order valence-electron chi connectivity index (χ3n) is 3.63. The summed E-state index contributed by atoms with van der Waals surface area (Å²) < 4.78 is 5.86. The summed E-state index contributed by atoms with van der Waals surface area (Å²) in [5.74, 6) is 0.388. The minimum absolute atomic E-state index is 0.242. The first-order valence-corrected chi connectivity index (χ1v) is 8.99. The van der Waals surface area contributed by atoms with Crippen LogP contribution in [0.2, 0.25) is 0 Å². The highest BCUT2D eigenvalue weighted by Gasteiger charge is 2.30. The quantitative estimate of drug-likeness (QED) is 0.698. The number of nitrogens with one attached hydrogen (secondary N) is 1. The lowest BCUT2D eigenvalue weighted by atomic mass is 10.1. The Morgan fingerprint density at radius 1 is 1.04 bits per heavy atom. The summed E-state index contributed by atoms with van der Waals surface area (Å²) in [5, 5.41) is 5.13. The van der Waals surface area contributed by atoms with E-state index in [1.165, 1.54) is 11.3 Å². The van der Waals surface area contributed by atoms with Crippen molar-refractivity contribution in [2.24, 2.45) is 0 Å². The highest BCUT2D eigenvalue weighted by Crippen LogP contribution is 2.22. The van der Waals surface area contributed by atoms with Crippen molar-refractivity contribution in [2.75, 3.05) is 5.32 Å². The molecule has 6 heteroatoms. The summed E-state index contributed by atoms with van der Waals surface area (Å²) in [7, 11) is 0. The number of benzene rings is 1. The topological polar surface area (TPSA) is 64.1 Å². The van der Waals surface area contributed by atoms with Crippen LogP contribution in [0.1, 0.15) is 25.0 Å². The van der Waals surface area contributed by atoms with Gasteiger partial charge in [-0.3, -0.25) is 15.1 Å². The first-order valence-electron chi connectivity index (χ1n) is 8.11. The van der Waals surface area contributed by atoms with Crippen LogP contribution in [-0.4, -0.2) is 21.5 Å². The van der Waals surface area contributed by atoms with Gasteiger partial charge in [0.1, 0.15) is 5.75 Å². The minimum atomic E-state index is -1.01. The molecule has 132 valence electrons. The lowest BCUT2D eigenvalue weighted by molar-refractivity contribution is -0.128. The Balaban J connectivity index is 1.62. The first kappa shape index (κ1) is 17.8. The largest absolute Gasteiger partial charge is 0.478 e.